The monoisotopic (exact) mass is 468 g/mol. The molecule has 0 aliphatic carbocycles. The van der Waals surface area contributed by atoms with Crippen LogP contribution in [-0.4, -0.2) is 30.4 Å². The number of fused-ring (bicyclic) bond motifs is 1. The van der Waals surface area contributed by atoms with Gasteiger partial charge in [0.15, 0.2) is 11.5 Å². The molecule has 0 saturated carbocycles. The maximum absolute atomic E-state index is 12.0. The van der Waals surface area contributed by atoms with Gasteiger partial charge in [0, 0.05) is 0 Å². The van der Waals surface area contributed by atoms with Crippen LogP contribution < -0.4 is 14.9 Å². The molecule has 25 heavy (non-hydrogen) atoms. The summed E-state index contributed by atoms with van der Waals surface area (Å²) in [5.74, 6) is 1.21. The zero-order chi connectivity index (χ0) is 17.8. The van der Waals surface area contributed by atoms with Crippen LogP contribution in [0.1, 0.15) is 11.1 Å². The first kappa shape index (κ1) is 17.8. The standard InChI is InChI=1S/C17H14Br2N2O4/c18-12-5-11(6-13(19)17(12)23)9-20-21-16(22)8-10-1-2-14-15(7-10)25-4-3-24-14/h1-2,5-7,9,23H,3-4,8H2,(H,21,22)/b20-9+. The number of carbonyl (C=O) groups is 1. The van der Waals surface area contributed by atoms with Crippen molar-refractivity contribution in [3.63, 3.8) is 0 Å². The third-order valence-electron chi connectivity index (χ3n) is 3.41. The number of rotatable bonds is 4. The van der Waals surface area contributed by atoms with Crippen LogP contribution in [0.4, 0.5) is 0 Å². The maximum Gasteiger partial charge on any atom is 0.244 e. The minimum atomic E-state index is -0.246. The molecule has 1 amide bonds. The largest absolute Gasteiger partial charge is 0.506 e. The van der Waals surface area contributed by atoms with Crippen LogP contribution in [0.2, 0.25) is 0 Å². The van der Waals surface area contributed by atoms with Gasteiger partial charge in [0.25, 0.3) is 0 Å². The van der Waals surface area contributed by atoms with Crippen LogP contribution in [0.25, 0.3) is 0 Å². The molecule has 0 atom stereocenters. The summed E-state index contributed by atoms with van der Waals surface area (Å²) in [7, 11) is 0. The molecule has 0 spiro atoms. The van der Waals surface area contributed by atoms with Gasteiger partial charge in [-0.1, -0.05) is 6.07 Å². The van der Waals surface area contributed by atoms with E-state index in [9.17, 15) is 9.90 Å². The number of phenols is 1. The molecule has 0 unspecified atom stereocenters. The lowest BCUT2D eigenvalue weighted by Crippen LogP contribution is -2.20. The summed E-state index contributed by atoms with van der Waals surface area (Å²) >= 11 is 6.48. The number of nitrogens with zero attached hydrogens (tertiary/aromatic N) is 1. The van der Waals surface area contributed by atoms with Gasteiger partial charge in [-0.15, -0.1) is 0 Å². The molecular formula is C17H14Br2N2O4. The SMILES string of the molecule is O=C(Cc1ccc2c(c1)OCCO2)N/N=C/c1cc(Br)c(O)c(Br)c1. The zero-order valence-electron chi connectivity index (χ0n) is 13.0. The van der Waals surface area contributed by atoms with Crippen molar-refractivity contribution in [3.05, 3.63) is 50.4 Å². The third-order valence-corrected chi connectivity index (χ3v) is 4.62. The lowest BCUT2D eigenvalue weighted by atomic mass is 10.1. The highest BCUT2D eigenvalue weighted by Crippen LogP contribution is 2.33. The molecule has 0 saturated heterocycles. The lowest BCUT2D eigenvalue weighted by Gasteiger charge is -2.18. The molecule has 0 fully saturated rings. The maximum atomic E-state index is 12.0. The molecule has 3 rings (SSSR count). The van der Waals surface area contributed by atoms with Crippen LogP contribution in [-0.2, 0) is 11.2 Å². The number of hydrazone groups is 1. The number of nitrogens with one attached hydrogen (secondary N) is 1. The zero-order valence-corrected chi connectivity index (χ0v) is 16.1. The predicted molar refractivity (Wildman–Crippen MR) is 100 cm³/mol. The van der Waals surface area contributed by atoms with E-state index in [4.69, 9.17) is 9.47 Å². The molecule has 2 aromatic rings. The molecule has 8 heteroatoms. The van der Waals surface area contributed by atoms with E-state index in [-0.39, 0.29) is 18.1 Å². The fourth-order valence-corrected chi connectivity index (χ4v) is 3.48. The van der Waals surface area contributed by atoms with E-state index in [2.05, 4.69) is 42.4 Å². The minimum Gasteiger partial charge on any atom is -0.506 e. The molecular weight excluding hydrogens is 456 g/mol. The highest BCUT2D eigenvalue weighted by atomic mass is 79.9. The molecule has 1 aliphatic rings. The van der Waals surface area contributed by atoms with Gasteiger partial charge in [0.05, 0.1) is 21.6 Å². The van der Waals surface area contributed by atoms with E-state index < -0.39 is 0 Å². The first-order valence-electron chi connectivity index (χ1n) is 7.41. The summed E-state index contributed by atoms with van der Waals surface area (Å²) in [6, 6.07) is 8.80. The fraction of sp³-hybridized carbons (Fsp3) is 0.176. The normalized spacial score (nSPS) is 13.0. The minimum absolute atomic E-state index is 0.111. The fourth-order valence-electron chi connectivity index (χ4n) is 2.26. The molecule has 1 heterocycles. The number of benzene rings is 2. The van der Waals surface area contributed by atoms with E-state index in [0.29, 0.717) is 33.7 Å². The van der Waals surface area contributed by atoms with Gasteiger partial charge in [-0.25, -0.2) is 5.43 Å². The first-order valence-corrected chi connectivity index (χ1v) is 9.00. The van der Waals surface area contributed by atoms with E-state index >= 15 is 0 Å². The van der Waals surface area contributed by atoms with Crippen molar-refractivity contribution in [1.29, 1.82) is 0 Å². The van der Waals surface area contributed by atoms with E-state index in [1.807, 2.05) is 6.07 Å². The molecule has 0 radical (unpaired) electrons. The average molecular weight is 470 g/mol. The molecule has 0 bridgehead atoms. The highest BCUT2D eigenvalue weighted by Gasteiger charge is 2.13. The number of hydrogen-bond acceptors (Lipinski definition) is 5. The summed E-state index contributed by atoms with van der Waals surface area (Å²) in [6.07, 6.45) is 1.67. The second kappa shape index (κ2) is 7.88. The molecule has 130 valence electrons. The smallest absolute Gasteiger partial charge is 0.244 e. The Morgan fingerprint density at radius 1 is 1.16 bits per heavy atom. The van der Waals surface area contributed by atoms with Gasteiger partial charge < -0.3 is 14.6 Å². The number of hydrogen-bond donors (Lipinski definition) is 2. The van der Waals surface area contributed by atoms with Crippen LogP contribution in [0, 0.1) is 0 Å². The number of carbonyl (C=O) groups excluding carboxylic acids is 1. The predicted octanol–water partition coefficient (Wildman–Crippen LogP) is 3.38. The Balaban J connectivity index is 1.59. The topological polar surface area (TPSA) is 80.2 Å². The van der Waals surface area contributed by atoms with Gasteiger partial charge in [0.2, 0.25) is 5.91 Å². The van der Waals surface area contributed by atoms with Gasteiger partial charge in [-0.2, -0.15) is 5.10 Å². The molecule has 1 aliphatic heterocycles. The van der Waals surface area contributed by atoms with Gasteiger partial charge >= 0.3 is 0 Å². The summed E-state index contributed by atoms with van der Waals surface area (Å²) in [6.45, 7) is 1.04. The van der Waals surface area contributed by atoms with E-state index in [1.54, 1.807) is 24.3 Å². The Morgan fingerprint density at radius 3 is 2.56 bits per heavy atom. The Kier molecular flexibility index (Phi) is 5.60. The van der Waals surface area contributed by atoms with E-state index in [0.717, 1.165) is 11.1 Å². The second-order valence-electron chi connectivity index (χ2n) is 5.28. The second-order valence-corrected chi connectivity index (χ2v) is 6.99. The van der Waals surface area contributed by atoms with Gasteiger partial charge in [-0.3, -0.25) is 4.79 Å². The van der Waals surface area contributed by atoms with Crippen molar-refractivity contribution >= 4 is 44.0 Å². The Bertz CT molecular complexity index is 816. The van der Waals surface area contributed by atoms with Crippen molar-refractivity contribution < 1.29 is 19.4 Å². The Labute approximate surface area is 161 Å². The third kappa shape index (κ3) is 4.52. The summed E-state index contributed by atoms with van der Waals surface area (Å²) in [4.78, 5) is 12.0. The van der Waals surface area contributed by atoms with Crippen molar-refractivity contribution in [1.82, 2.24) is 5.43 Å². The summed E-state index contributed by atoms with van der Waals surface area (Å²) in [5.41, 5.74) is 4.01. The van der Waals surface area contributed by atoms with E-state index in [1.165, 1.54) is 6.21 Å². The molecule has 2 N–H and O–H groups in total. The number of amides is 1. The number of ether oxygens (including phenoxy) is 2. The first-order chi connectivity index (χ1) is 12.0. The highest BCUT2D eigenvalue weighted by molar-refractivity contribution is 9.11. The molecule has 0 aromatic heterocycles. The van der Waals surface area contributed by atoms with Gasteiger partial charge in [0.1, 0.15) is 19.0 Å². The average Bonchev–Trinajstić information content (AvgIpc) is 2.59. The van der Waals surface area contributed by atoms with Crippen molar-refractivity contribution in [2.45, 2.75) is 6.42 Å². The lowest BCUT2D eigenvalue weighted by molar-refractivity contribution is -0.120. The number of phenolic OH excluding ortho intramolecular Hbond substituents is 1. The number of aromatic hydroxyl groups is 1. The van der Waals surface area contributed by atoms with Crippen molar-refractivity contribution in [2.75, 3.05) is 13.2 Å². The summed E-state index contributed by atoms with van der Waals surface area (Å²) in [5, 5.41) is 13.6. The molecule has 6 nitrogen and oxygen atoms in total. The van der Waals surface area contributed by atoms with Gasteiger partial charge in [-0.05, 0) is 67.3 Å². The van der Waals surface area contributed by atoms with Crippen LogP contribution in [0.5, 0.6) is 17.2 Å². The summed E-state index contributed by atoms with van der Waals surface area (Å²) < 4.78 is 12.0. The quantitative estimate of drug-likeness (QED) is 0.531. The van der Waals surface area contributed by atoms with Crippen molar-refractivity contribution in [3.8, 4) is 17.2 Å². The van der Waals surface area contributed by atoms with Crippen LogP contribution >= 0.6 is 31.9 Å². The number of halogens is 2. The van der Waals surface area contributed by atoms with Crippen LogP contribution in [0.15, 0.2) is 44.4 Å². The van der Waals surface area contributed by atoms with Crippen molar-refractivity contribution in [2.24, 2.45) is 5.10 Å². The molecule has 2 aromatic carbocycles. The Morgan fingerprint density at radius 2 is 1.84 bits per heavy atom. The Hall–Kier alpha value is -2.06. The van der Waals surface area contributed by atoms with Crippen LogP contribution in [0.3, 0.4) is 0 Å².